The van der Waals surface area contributed by atoms with E-state index in [0.29, 0.717) is 13.1 Å². The summed E-state index contributed by atoms with van der Waals surface area (Å²) in [6.07, 6.45) is 0. The van der Waals surface area contributed by atoms with Crippen LogP contribution in [0.5, 0.6) is 0 Å². The smallest absolute Gasteiger partial charge is 0.178 e. The van der Waals surface area contributed by atoms with E-state index in [4.69, 9.17) is 0 Å². The number of rotatable bonds is 7. The average Bonchev–Trinajstić information content (AvgIpc) is 2.61. The number of aromatic nitrogens is 1. The lowest BCUT2D eigenvalue weighted by Gasteiger charge is -2.27. The molecular formula is C16H28N2O2. The highest BCUT2D eigenvalue weighted by Gasteiger charge is 2.21. The number of Topliss-reactive ketones (excluding diaryl/α,β-unsaturated/α-hetero) is 1. The highest BCUT2D eigenvalue weighted by Crippen LogP contribution is 2.16. The SMILES string of the molecule is CCN(CC(=O)c1cc(C)n(CC)c1C)CC(C)(C)O. The molecule has 1 aromatic heterocycles. The molecule has 0 bridgehead atoms. The Balaban J connectivity index is 2.85. The summed E-state index contributed by atoms with van der Waals surface area (Å²) in [6, 6.07) is 1.97. The van der Waals surface area contributed by atoms with Crippen molar-refractivity contribution < 1.29 is 9.90 Å². The van der Waals surface area contributed by atoms with Crippen LogP contribution in [0.25, 0.3) is 0 Å². The lowest BCUT2D eigenvalue weighted by molar-refractivity contribution is 0.0376. The summed E-state index contributed by atoms with van der Waals surface area (Å²) in [5, 5.41) is 9.89. The molecule has 0 saturated heterocycles. The summed E-state index contributed by atoms with van der Waals surface area (Å²) < 4.78 is 2.15. The molecule has 0 saturated carbocycles. The van der Waals surface area contributed by atoms with Crippen LogP contribution in [0, 0.1) is 13.8 Å². The fourth-order valence-electron chi connectivity index (χ4n) is 2.68. The average molecular weight is 280 g/mol. The Kier molecular flexibility index (Phi) is 5.54. The zero-order chi connectivity index (χ0) is 15.5. The third kappa shape index (κ3) is 4.18. The maximum Gasteiger partial charge on any atom is 0.178 e. The number of carbonyl (C=O) groups is 1. The molecule has 0 aliphatic carbocycles. The zero-order valence-electron chi connectivity index (χ0n) is 13.7. The van der Waals surface area contributed by atoms with E-state index in [0.717, 1.165) is 30.0 Å². The highest BCUT2D eigenvalue weighted by atomic mass is 16.3. The van der Waals surface area contributed by atoms with E-state index in [9.17, 15) is 9.90 Å². The van der Waals surface area contributed by atoms with Gasteiger partial charge in [0.2, 0.25) is 0 Å². The van der Waals surface area contributed by atoms with Gasteiger partial charge in [-0.25, -0.2) is 0 Å². The molecule has 0 unspecified atom stereocenters. The molecule has 1 aromatic rings. The number of aliphatic hydroxyl groups is 1. The molecular weight excluding hydrogens is 252 g/mol. The van der Waals surface area contributed by atoms with Crippen LogP contribution >= 0.6 is 0 Å². The second-order valence-electron chi connectivity index (χ2n) is 6.07. The van der Waals surface area contributed by atoms with Crippen LogP contribution in [0.15, 0.2) is 6.07 Å². The summed E-state index contributed by atoms with van der Waals surface area (Å²) in [5.74, 6) is 0.129. The number of nitrogens with zero attached hydrogens (tertiary/aromatic N) is 2. The van der Waals surface area contributed by atoms with Crippen molar-refractivity contribution in [3.63, 3.8) is 0 Å². The van der Waals surface area contributed by atoms with Gasteiger partial charge in [0.25, 0.3) is 0 Å². The molecule has 114 valence electrons. The van der Waals surface area contributed by atoms with Crippen LogP contribution in [0.1, 0.15) is 49.4 Å². The second kappa shape index (κ2) is 6.55. The summed E-state index contributed by atoms with van der Waals surface area (Å²) in [6.45, 7) is 14.1. The Morgan fingerprint density at radius 3 is 2.35 bits per heavy atom. The summed E-state index contributed by atoms with van der Waals surface area (Å²) in [7, 11) is 0. The number of carbonyl (C=O) groups excluding carboxylic acids is 1. The maximum absolute atomic E-state index is 12.5. The van der Waals surface area contributed by atoms with Crippen molar-refractivity contribution in [2.45, 2.75) is 53.7 Å². The predicted octanol–water partition coefficient (Wildman–Crippen LogP) is 2.40. The topological polar surface area (TPSA) is 45.5 Å². The van der Waals surface area contributed by atoms with E-state index in [-0.39, 0.29) is 5.78 Å². The van der Waals surface area contributed by atoms with E-state index < -0.39 is 5.60 Å². The molecule has 0 atom stereocenters. The van der Waals surface area contributed by atoms with E-state index >= 15 is 0 Å². The van der Waals surface area contributed by atoms with Crippen LogP contribution in [0.3, 0.4) is 0 Å². The Bertz CT molecular complexity index is 470. The lowest BCUT2D eigenvalue weighted by Crippen LogP contribution is -2.41. The molecule has 0 aliphatic heterocycles. The Morgan fingerprint density at radius 2 is 1.95 bits per heavy atom. The van der Waals surface area contributed by atoms with Crippen molar-refractivity contribution in [1.82, 2.24) is 9.47 Å². The second-order valence-corrected chi connectivity index (χ2v) is 6.07. The van der Waals surface area contributed by atoms with Crippen LogP contribution in [0.2, 0.25) is 0 Å². The number of aryl methyl sites for hydroxylation is 1. The third-order valence-corrected chi connectivity index (χ3v) is 3.62. The number of hydrogen-bond donors (Lipinski definition) is 1. The Labute approximate surface area is 122 Å². The van der Waals surface area contributed by atoms with E-state index in [1.54, 1.807) is 13.8 Å². The lowest BCUT2D eigenvalue weighted by atomic mass is 10.1. The summed E-state index contributed by atoms with van der Waals surface area (Å²) in [4.78, 5) is 14.5. The van der Waals surface area contributed by atoms with Crippen LogP contribution < -0.4 is 0 Å². The van der Waals surface area contributed by atoms with Gasteiger partial charge < -0.3 is 9.67 Å². The van der Waals surface area contributed by atoms with Gasteiger partial charge in [0.05, 0.1) is 12.1 Å². The minimum atomic E-state index is -0.781. The molecule has 0 aliphatic rings. The first-order chi connectivity index (χ1) is 9.19. The molecule has 0 aromatic carbocycles. The minimum Gasteiger partial charge on any atom is -0.389 e. The molecule has 1 N–H and O–H groups in total. The van der Waals surface area contributed by atoms with Crippen molar-refractivity contribution in [2.75, 3.05) is 19.6 Å². The highest BCUT2D eigenvalue weighted by molar-refractivity contribution is 5.99. The summed E-state index contributed by atoms with van der Waals surface area (Å²) >= 11 is 0. The molecule has 4 nitrogen and oxygen atoms in total. The van der Waals surface area contributed by atoms with Crippen molar-refractivity contribution in [3.8, 4) is 0 Å². The molecule has 20 heavy (non-hydrogen) atoms. The first-order valence-corrected chi connectivity index (χ1v) is 7.34. The van der Waals surface area contributed by atoms with Gasteiger partial charge in [-0.05, 0) is 47.2 Å². The van der Waals surface area contributed by atoms with Crippen LogP contribution in [-0.2, 0) is 6.54 Å². The minimum absolute atomic E-state index is 0.129. The fraction of sp³-hybridized carbons (Fsp3) is 0.688. The van der Waals surface area contributed by atoms with Gasteiger partial charge in [-0.2, -0.15) is 0 Å². The Morgan fingerprint density at radius 1 is 1.35 bits per heavy atom. The van der Waals surface area contributed by atoms with E-state index in [1.807, 2.05) is 31.7 Å². The first-order valence-electron chi connectivity index (χ1n) is 7.34. The third-order valence-electron chi connectivity index (χ3n) is 3.62. The molecule has 0 amide bonds. The Hall–Kier alpha value is -1.13. The number of likely N-dealkylation sites (N-methyl/N-ethyl adjacent to an activating group) is 1. The first kappa shape index (κ1) is 16.9. The van der Waals surface area contributed by atoms with E-state index in [1.165, 1.54) is 0 Å². The van der Waals surface area contributed by atoms with Gasteiger partial charge in [0, 0.05) is 30.0 Å². The summed E-state index contributed by atoms with van der Waals surface area (Å²) in [5.41, 5.74) is 2.18. The van der Waals surface area contributed by atoms with Gasteiger partial charge in [-0.3, -0.25) is 9.69 Å². The van der Waals surface area contributed by atoms with Gasteiger partial charge in [0.15, 0.2) is 5.78 Å². The largest absolute Gasteiger partial charge is 0.389 e. The van der Waals surface area contributed by atoms with Crippen LogP contribution in [-0.4, -0.2) is 45.6 Å². The maximum atomic E-state index is 12.5. The standard InChI is InChI=1S/C16H28N2O2/c1-7-17(11-16(5,6)20)10-15(19)14-9-12(3)18(8-2)13(14)4/h9,20H,7-8,10-11H2,1-6H3. The van der Waals surface area contributed by atoms with Crippen LogP contribution in [0.4, 0.5) is 0 Å². The van der Waals surface area contributed by atoms with Crippen molar-refractivity contribution in [2.24, 2.45) is 0 Å². The molecule has 0 spiro atoms. The zero-order valence-corrected chi connectivity index (χ0v) is 13.7. The molecule has 4 heteroatoms. The fourth-order valence-corrected chi connectivity index (χ4v) is 2.68. The quantitative estimate of drug-likeness (QED) is 0.780. The number of ketones is 1. The monoisotopic (exact) mass is 280 g/mol. The molecule has 0 fully saturated rings. The van der Waals surface area contributed by atoms with Crippen molar-refractivity contribution in [1.29, 1.82) is 0 Å². The van der Waals surface area contributed by atoms with Gasteiger partial charge in [-0.1, -0.05) is 6.92 Å². The van der Waals surface area contributed by atoms with Gasteiger partial charge in [0.1, 0.15) is 0 Å². The molecule has 1 rings (SSSR count). The van der Waals surface area contributed by atoms with Gasteiger partial charge in [-0.15, -0.1) is 0 Å². The van der Waals surface area contributed by atoms with E-state index in [2.05, 4.69) is 11.5 Å². The molecule has 0 radical (unpaired) electrons. The van der Waals surface area contributed by atoms with Crippen molar-refractivity contribution in [3.05, 3.63) is 23.0 Å². The molecule has 1 heterocycles. The predicted molar refractivity (Wildman–Crippen MR) is 82.3 cm³/mol. The van der Waals surface area contributed by atoms with Gasteiger partial charge >= 0.3 is 0 Å². The normalized spacial score (nSPS) is 12.2. The number of hydrogen-bond acceptors (Lipinski definition) is 3. The van der Waals surface area contributed by atoms with Crippen molar-refractivity contribution >= 4 is 5.78 Å².